The van der Waals surface area contributed by atoms with Crippen LogP contribution in [0.15, 0.2) is 18.2 Å². The van der Waals surface area contributed by atoms with E-state index in [2.05, 4.69) is 25.1 Å². The SMILES string of the molecule is CCOC(=O)N1[C@@H]2CC[C@H]1c1cccc(C)c12. The van der Waals surface area contributed by atoms with E-state index in [1.54, 1.807) is 0 Å². The van der Waals surface area contributed by atoms with Crippen molar-refractivity contribution in [1.82, 2.24) is 4.90 Å². The van der Waals surface area contributed by atoms with Crippen LogP contribution in [0.4, 0.5) is 4.79 Å². The van der Waals surface area contributed by atoms with Crippen molar-refractivity contribution >= 4 is 6.09 Å². The molecule has 90 valence electrons. The standard InChI is InChI=1S/C14H17NO2/c1-3-17-14(16)15-11-7-8-12(15)13-9(2)5-4-6-10(11)13/h4-6,11-12H,3,7-8H2,1-2H3/t11-,12+/m0/s1. The number of benzene rings is 1. The van der Waals surface area contributed by atoms with Crippen LogP contribution in [0.1, 0.15) is 48.5 Å². The van der Waals surface area contributed by atoms with Crippen LogP contribution < -0.4 is 0 Å². The third-order valence-corrected chi connectivity index (χ3v) is 3.91. The Labute approximate surface area is 101 Å². The highest BCUT2D eigenvalue weighted by atomic mass is 16.6. The van der Waals surface area contributed by atoms with Crippen molar-refractivity contribution in [3.05, 3.63) is 34.9 Å². The van der Waals surface area contributed by atoms with E-state index >= 15 is 0 Å². The molecule has 1 saturated heterocycles. The van der Waals surface area contributed by atoms with Gasteiger partial charge in [-0.15, -0.1) is 0 Å². The lowest BCUT2D eigenvalue weighted by Gasteiger charge is -2.21. The summed E-state index contributed by atoms with van der Waals surface area (Å²) in [7, 11) is 0. The molecule has 0 unspecified atom stereocenters. The molecular weight excluding hydrogens is 214 g/mol. The number of rotatable bonds is 1. The fraction of sp³-hybridized carbons (Fsp3) is 0.500. The maximum absolute atomic E-state index is 12.0. The van der Waals surface area contributed by atoms with Crippen molar-refractivity contribution in [2.75, 3.05) is 6.61 Å². The lowest BCUT2D eigenvalue weighted by molar-refractivity contribution is 0.0945. The monoisotopic (exact) mass is 231 g/mol. The summed E-state index contributed by atoms with van der Waals surface area (Å²) in [5, 5.41) is 0. The maximum atomic E-state index is 12.0. The highest BCUT2D eigenvalue weighted by Gasteiger charge is 2.47. The second-order valence-electron chi connectivity index (χ2n) is 4.79. The van der Waals surface area contributed by atoms with Crippen LogP contribution in [0.2, 0.25) is 0 Å². The zero-order valence-electron chi connectivity index (χ0n) is 10.3. The Kier molecular flexibility index (Phi) is 2.35. The van der Waals surface area contributed by atoms with Gasteiger partial charge < -0.3 is 4.74 Å². The molecule has 1 fully saturated rings. The molecule has 3 heteroatoms. The Bertz CT molecular complexity index is 469. The van der Waals surface area contributed by atoms with Gasteiger partial charge in [0.05, 0.1) is 18.7 Å². The molecule has 0 spiro atoms. The summed E-state index contributed by atoms with van der Waals surface area (Å²) in [6, 6.07) is 6.85. The van der Waals surface area contributed by atoms with Gasteiger partial charge in [0.1, 0.15) is 0 Å². The van der Waals surface area contributed by atoms with E-state index in [0.717, 1.165) is 12.8 Å². The van der Waals surface area contributed by atoms with E-state index in [-0.39, 0.29) is 18.2 Å². The Morgan fingerprint density at radius 1 is 1.41 bits per heavy atom. The number of aryl methyl sites for hydroxylation is 1. The summed E-state index contributed by atoms with van der Waals surface area (Å²) in [5.41, 5.74) is 3.98. The topological polar surface area (TPSA) is 29.5 Å². The highest BCUT2D eigenvalue weighted by Crippen LogP contribution is 2.54. The Balaban J connectivity index is 2.00. The molecule has 3 rings (SSSR count). The average molecular weight is 231 g/mol. The smallest absolute Gasteiger partial charge is 0.410 e. The number of hydrogen-bond donors (Lipinski definition) is 0. The zero-order valence-corrected chi connectivity index (χ0v) is 10.3. The average Bonchev–Trinajstić information content (AvgIpc) is 2.86. The van der Waals surface area contributed by atoms with Gasteiger partial charge in [-0.1, -0.05) is 18.2 Å². The van der Waals surface area contributed by atoms with E-state index in [4.69, 9.17) is 4.74 Å². The quantitative estimate of drug-likeness (QED) is 0.741. The number of carbonyl (C=O) groups is 1. The first-order valence-electron chi connectivity index (χ1n) is 6.28. The van der Waals surface area contributed by atoms with Gasteiger partial charge in [-0.3, -0.25) is 4.90 Å². The van der Waals surface area contributed by atoms with Gasteiger partial charge in [-0.25, -0.2) is 4.79 Å². The van der Waals surface area contributed by atoms with Gasteiger partial charge >= 0.3 is 6.09 Å². The van der Waals surface area contributed by atoms with Crippen LogP contribution in [0.5, 0.6) is 0 Å². The minimum atomic E-state index is -0.157. The van der Waals surface area contributed by atoms with Crippen molar-refractivity contribution < 1.29 is 9.53 Å². The second kappa shape index (κ2) is 3.76. The first-order chi connectivity index (χ1) is 8.24. The third-order valence-electron chi connectivity index (χ3n) is 3.91. The predicted octanol–water partition coefficient (Wildman–Crippen LogP) is 3.34. The van der Waals surface area contributed by atoms with Crippen molar-refractivity contribution in [1.29, 1.82) is 0 Å². The molecule has 2 heterocycles. The summed E-state index contributed by atoms with van der Waals surface area (Å²) < 4.78 is 5.16. The molecule has 0 saturated carbocycles. The van der Waals surface area contributed by atoms with Crippen LogP contribution in [-0.2, 0) is 4.74 Å². The Morgan fingerprint density at radius 3 is 2.88 bits per heavy atom. The number of amides is 1. The van der Waals surface area contributed by atoms with E-state index in [1.165, 1.54) is 16.7 Å². The lowest BCUT2D eigenvalue weighted by Crippen LogP contribution is -2.28. The zero-order chi connectivity index (χ0) is 12.0. The lowest BCUT2D eigenvalue weighted by atomic mass is 9.89. The largest absolute Gasteiger partial charge is 0.450 e. The van der Waals surface area contributed by atoms with Crippen molar-refractivity contribution in [2.24, 2.45) is 0 Å². The summed E-state index contributed by atoms with van der Waals surface area (Å²) in [6.07, 6.45) is 1.98. The van der Waals surface area contributed by atoms with E-state index in [1.807, 2.05) is 11.8 Å². The van der Waals surface area contributed by atoms with Gasteiger partial charge in [-0.05, 0) is 43.4 Å². The molecule has 0 radical (unpaired) electrons. The van der Waals surface area contributed by atoms with Crippen LogP contribution in [0.3, 0.4) is 0 Å². The number of hydrogen-bond acceptors (Lipinski definition) is 2. The van der Waals surface area contributed by atoms with Gasteiger partial charge in [-0.2, -0.15) is 0 Å². The van der Waals surface area contributed by atoms with Crippen LogP contribution in [0, 0.1) is 6.92 Å². The molecule has 0 aromatic heterocycles. The Morgan fingerprint density at radius 2 is 2.18 bits per heavy atom. The van der Waals surface area contributed by atoms with Crippen molar-refractivity contribution in [3.8, 4) is 0 Å². The first-order valence-corrected chi connectivity index (χ1v) is 6.28. The minimum Gasteiger partial charge on any atom is -0.450 e. The summed E-state index contributed by atoms with van der Waals surface area (Å²) >= 11 is 0. The van der Waals surface area contributed by atoms with E-state index in [9.17, 15) is 4.79 Å². The van der Waals surface area contributed by atoms with Crippen LogP contribution in [-0.4, -0.2) is 17.6 Å². The number of nitrogens with zero attached hydrogens (tertiary/aromatic N) is 1. The maximum Gasteiger partial charge on any atom is 0.410 e. The fourth-order valence-electron chi connectivity index (χ4n) is 3.30. The molecular formula is C14H17NO2. The molecule has 2 aliphatic rings. The summed E-state index contributed by atoms with van der Waals surface area (Å²) in [4.78, 5) is 13.9. The Hall–Kier alpha value is -1.51. The molecule has 17 heavy (non-hydrogen) atoms. The summed E-state index contributed by atoms with van der Waals surface area (Å²) in [5.74, 6) is 0. The second-order valence-corrected chi connectivity index (χ2v) is 4.79. The van der Waals surface area contributed by atoms with E-state index < -0.39 is 0 Å². The molecule has 1 aromatic carbocycles. The molecule has 1 amide bonds. The fourth-order valence-corrected chi connectivity index (χ4v) is 3.30. The van der Waals surface area contributed by atoms with E-state index in [0.29, 0.717) is 6.61 Å². The number of ether oxygens (including phenoxy) is 1. The minimum absolute atomic E-state index is 0.157. The van der Waals surface area contributed by atoms with Gasteiger partial charge in [0.25, 0.3) is 0 Å². The summed E-state index contributed by atoms with van der Waals surface area (Å²) in [6.45, 7) is 4.43. The normalized spacial score (nSPS) is 24.9. The van der Waals surface area contributed by atoms with Crippen molar-refractivity contribution in [3.63, 3.8) is 0 Å². The molecule has 0 N–H and O–H groups in total. The van der Waals surface area contributed by atoms with Gasteiger partial charge in [0, 0.05) is 0 Å². The molecule has 3 nitrogen and oxygen atoms in total. The van der Waals surface area contributed by atoms with Crippen LogP contribution >= 0.6 is 0 Å². The van der Waals surface area contributed by atoms with Crippen molar-refractivity contribution in [2.45, 2.75) is 38.8 Å². The molecule has 2 atom stereocenters. The number of carbonyl (C=O) groups excluding carboxylic acids is 1. The van der Waals surface area contributed by atoms with Crippen LogP contribution in [0.25, 0.3) is 0 Å². The molecule has 2 aliphatic heterocycles. The third kappa shape index (κ3) is 1.38. The van der Waals surface area contributed by atoms with Gasteiger partial charge in [0.2, 0.25) is 0 Å². The van der Waals surface area contributed by atoms with Gasteiger partial charge in [0.15, 0.2) is 0 Å². The molecule has 0 aliphatic carbocycles. The first kappa shape index (κ1) is 10.6. The molecule has 1 aromatic rings. The predicted molar refractivity (Wildman–Crippen MR) is 64.8 cm³/mol. The highest BCUT2D eigenvalue weighted by molar-refractivity contribution is 5.72. The molecule has 2 bridgehead atoms. The number of fused-ring (bicyclic) bond motifs is 5.